The van der Waals surface area contributed by atoms with Crippen molar-refractivity contribution in [2.75, 3.05) is 5.75 Å². The number of halogens is 1. The fourth-order valence-electron chi connectivity index (χ4n) is 2.19. The lowest BCUT2D eigenvalue weighted by atomic mass is 10.2. The van der Waals surface area contributed by atoms with Gasteiger partial charge in [0, 0.05) is 17.1 Å². The lowest BCUT2D eigenvalue weighted by molar-refractivity contribution is -0.118. The van der Waals surface area contributed by atoms with Crippen LogP contribution in [0.25, 0.3) is 10.9 Å². The molecule has 0 spiro atoms. The Labute approximate surface area is 140 Å². The highest BCUT2D eigenvalue weighted by molar-refractivity contribution is 9.10. The van der Waals surface area contributed by atoms with Crippen molar-refractivity contribution in [2.45, 2.75) is 37.5 Å². The molecule has 116 valence electrons. The first-order valence-corrected chi connectivity index (χ1v) is 8.98. The molecular formula is C15H16BrN3O2S. The van der Waals surface area contributed by atoms with Gasteiger partial charge in [-0.3, -0.25) is 14.2 Å². The molecule has 1 aliphatic carbocycles. The molecule has 0 saturated heterocycles. The van der Waals surface area contributed by atoms with Gasteiger partial charge in [-0.2, -0.15) is 0 Å². The Hall–Kier alpha value is -1.34. The number of benzene rings is 1. The maximum atomic E-state index is 12.6. The van der Waals surface area contributed by atoms with Gasteiger partial charge in [-0.25, -0.2) is 4.98 Å². The highest BCUT2D eigenvalue weighted by atomic mass is 79.9. The van der Waals surface area contributed by atoms with Crippen molar-refractivity contribution in [3.05, 3.63) is 33.0 Å². The van der Waals surface area contributed by atoms with E-state index in [0.29, 0.717) is 28.6 Å². The van der Waals surface area contributed by atoms with E-state index in [-0.39, 0.29) is 17.2 Å². The zero-order chi connectivity index (χ0) is 15.7. The Morgan fingerprint density at radius 2 is 2.27 bits per heavy atom. The van der Waals surface area contributed by atoms with Gasteiger partial charge in [0.15, 0.2) is 5.16 Å². The third kappa shape index (κ3) is 3.35. The molecule has 5 nitrogen and oxygen atoms in total. The summed E-state index contributed by atoms with van der Waals surface area (Å²) in [5.74, 6) is 0.283. The van der Waals surface area contributed by atoms with Crippen molar-refractivity contribution in [3.63, 3.8) is 0 Å². The fraction of sp³-hybridized carbons (Fsp3) is 0.400. The van der Waals surface area contributed by atoms with Crippen LogP contribution in [0.5, 0.6) is 0 Å². The Bertz CT molecular complexity index is 786. The SMILES string of the molecule is CCn1c(SCC(=O)NC2CC2)nc2ccc(Br)cc2c1=O. The number of rotatable bonds is 5. The first-order chi connectivity index (χ1) is 10.6. The van der Waals surface area contributed by atoms with Gasteiger partial charge >= 0.3 is 0 Å². The molecule has 7 heteroatoms. The van der Waals surface area contributed by atoms with Gasteiger partial charge in [0.2, 0.25) is 5.91 Å². The summed E-state index contributed by atoms with van der Waals surface area (Å²) in [6.07, 6.45) is 2.14. The zero-order valence-electron chi connectivity index (χ0n) is 12.1. The lowest BCUT2D eigenvalue weighted by Gasteiger charge is -2.11. The summed E-state index contributed by atoms with van der Waals surface area (Å²) in [4.78, 5) is 28.9. The summed E-state index contributed by atoms with van der Waals surface area (Å²) >= 11 is 4.69. The number of carbonyl (C=O) groups is 1. The van der Waals surface area contributed by atoms with Gasteiger partial charge in [0.25, 0.3) is 5.56 Å². The number of fused-ring (bicyclic) bond motifs is 1. The normalized spacial score (nSPS) is 14.3. The van der Waals surface area contributed by atoms with E-state index in [1.807, 2.05) is 19.1 Å². The number of hydrogen-bond acceptors (Lipinski definition) is 4. The highest BCUT2D eigenvalue weighted by Crippen LogP contribution is 2.22. The third-order valence-corrected chi connectivity index (χ3v) is 4.94. The van der Waals surface area contributed by atoms with Crippen molar-refractivity contribution in [3.8, 4) is 0 Å². The van der Waals surface area contributed by atoms with E-state index in [4.69, 9.17) is 0 Å². The molecule has 22 heavy (non-hydrogen) atoms. The van der Waals surface area contributed by atoms with Crippen LogP contribution >= 0.6 is 27.7 Å². The molecule has 0 atom stereocenters. The van der Waals surface area contributed by atoms with E-state index in [0.717, 1.165) is 17.3 Å². The molecule has 1 amide bonds. The van der Waals surface area contributed by atoms with E-state index in [9.17, 15) is 9.59 Å². The monoisotopic (exact) mass is 381 g/mol. The first kappa shape index (κ1) is 15.6. The largest absolute Gasteiger partial charge is 0.353 e. The lowest BCUT2D eigenvalue weighted by Crippen LogP contribution is -2.28. The number of thioether (sulfide) groups is 1. The van der Waals surface area contributed by atoms with Gasteiger partial charge in [-0.15, -0.1) is 0 Å². The number of carbonyl (C=O) groups excluding carboxylic acids is 1. The third-order valence-electron chi connectivity index (χ3n) is 3.47. The molecule has 1 aromatic carbocycles. The van der Waals surface area contributed by atoms with E-state index in [1.165, 1.54) is 11.8 Å². The fourth-order valence-corrected chi connectivity index (χ4v) is 3.42. The molecule has 1 heterocycles. The molecule has 2 aromatic rings. The number of nitrogens with zero attached hydrogens (tertiary/aromatic N) is 2. The number of hydrogen-bond donors (Lipinski definition) is 1. The molecular weight excluding hydrogens is 366 g/mol. The van der Waals surface area contributed by atoms with E-state index < -0.39 is 0 Å². The standard InChI is InChI=1S/C15H16BrN3O2S/c1-2-19-14(21)11-7-9(16)3-6-12(11)18-15(19)22-8-13(20)17-10-4-5-10/h3,6-7,10H,2,4-5,8H2,1H3,(H,17,20). The number of amides is 1. The average molecular weight is 382 g/mol. The molecule has 3 rings (SSSR count). The molecule has 0 unspecified atom stereocenters. The van der Waals surface area contributed by atoms with Crippen molar-refractivity contribution in [1.29, 1.82) is 0 Å². The van der Waals surface area contributed by atoms with Gasteiger partial charge in [0.05, 0.1) is 16.7 Å². The van der Waals surface area contributed by atoms with Gasteiger partial charge in [-0.1, -0.05) is 27.7 Å². The molecule has 0 aliphatic heterocycles. The van der Waals surface area contributed by atoms with Crippen LogP contribution in [-0.2, 0) is 11.3 Å². The smallest absolute Gasteiger partial charge is 0.262 e. The second-order valence-electron chi connectivity index (χ2n) is 5.24. The second-order valence-corrected chi connectivity index (χ2v) is 7.09. The van der Waals surface area contributed by atoms with Crippen LogP contribution in [0.2, 0.25) is 0 Å². The van der Waals surface area contributed by atoms with Crippen molar-refractivity contribution in [1.82, 2.24) is 14.9 Å². The van der Waals surface area contributed by atoms with Crippen molar-refractivity contribution < 1.29 is 4.79 Å². The molecule has 0 radical (unpaired) electrons. The molecule has 1 aromatic heterocycles. The van der Waals surface area contributed by atoms with E-state index >= 15 is 0 Å². The maximum Gasteiger partial charge on any atom is 0.262 e. The quantitative estimate of drug-likeness (QED) is 0.638. The maximum absolute atomic E-state index is 12.6. The second kappa shape index (κ2) is 6.42. The minimum atomic E-state index is -0.0705. The van der Waals surface area contributed by atoms with Gasteiger partial charge in [0.1, 0.15) is 0 Å². The van der Waals surface area contributed by atoms with Crippen LogP contribution in [-0.4, -0.2) is 27.3 Å². The summed E-state index contributed by atoms with van der Waals surface area (Å²) in [5.41, 5.74) is 0.585. The average Bonchev–Trinajstić information content (AvgIpc) is 3.30. The predicted octanol–water partition coefficient (Wildman–Crippen LogP) is 2.55. The minimum Gasteiger partial charge on any atom is -0.353 e. The summed E-state index contributed by atoms with van der Waals surface area (Å²) in [5, 5.41) is 4.12. The summed E-state index contributed by atoms with van der Waals surface area (Å²) < 4.78 is 2.47. The summed E-state index contributed by atoms with van der Waals surface area (Å²) in [6.45, 7) is 2.43. The predicted molar refractivity (Wildman–Crippen MR) is 91.3 cm³/mol. The van der Waals surface area contributed by atoms with Crippen LogP contribution in [0, 0.1) is 0 Å². The summed E-state index contributed by atoms with van der Waals surface area (Å²) in [7, 11) is 0. The van der Waals surface area contributed by atoms with E-state index in [2.05, 4.69) is 26.2 Å². The van der Waals surface area contributed by atoms with Crippen LogP contribution < -0.4 is 10.9 Å². The van der Waals surface area contributed by atoms with Crippen molar-refractivity contribution in [2.24, 2.45) is 0 Å². The van der Waals surface area contributed by atoms with E-state index in [1.54, 1.807) is 10.6 Å². The zero-order valence-corrected chi connectivity index (χ0v) is 14.5. The first-order valence-electron chi connectivity index (χ1n) is 7.20. The Morgan fingerprint density at radius 3 is 2.95 bits per heavy atom. The molecule has 1 N–H and O–H groups in total. The summed E-state index contributed by atoms with van der Waals surface area (Å²) in [6, 6.07) is 5.81. The number of aromatic nitrogens is 2. The van der Waals surface area contributed by atoms with Gasteiger partial charge in [-0.05, 0) is 38.0 Å². The Balaban J connectivity index is 1.89. The minimum absolute atomic E-state index is 0.000283. The molecule has 1 fully saturated rings. The van der Waals surface area contributed by atoms with Crippen LogP contribution in [0.4, 0.5) is 0 Å². The molecule has 0 bridgehead atoms. The number of nitrogens with one attached hydrogen (secondary N) is 1. The molecule has 1 aliphatic rings. The Morgan fingerprint density at radius 1 is 1.50 bits per heavy atom. The van der Waals surface area contributed by atoms with Crippen LogP contribution in [0.1, 0.15) is 19.8 Å². The van der Waals surface area contributed by atoms with Crippen LogP contribution in [0.3, 0.4) is 0 Å². The van der Waals surface area contributed by atoms with Crippen molar-refractivity contribution >= 4 is 44.5 Å². The molecule has 1 saturated carbocycles. The topological polar surface area (TPSA) is 64.0 Å². The Kier molecular flexibility index (Phi) is 4.54. The van der Waals surface area contributed by atoms with Gasteiger partial charge < -0.3 is 5.32 Å². The highest BCUT2D eigenvalue weighted by Gasteiger charge is 2.23. The van der Waals surface area contributed by atoms with Crippen LogP contribution in [0.15, 0.2) is 32.6 Å².